The second kappa shape index (κ2) is 6.27. The summed E-state index contributed by atoms with van der Waals surface area (Å²) in [6.45, 7) is 0. The smallest absolute Gasteiger partial charge is 0.277 e. The van der Waals surface area contributed by atoms with Crippen LogP contribution >= 0.6 is 0 Å². The molecule has 1 aromatic carbocycles. The summed E-state index contributed by atoms with van der Waals surface area (Å²) in [5.74, 6) is -3.48. The molecule has 2 N–H and O–H groups in total. The summed E-state index contributed by atoms with van der Waals surface area (Å²) in [6.07, 6.45) is 4.26. The minimum absolute atomic E-state index is 0.0431. The van der Waals surface area contributed by atoms with Gasteiger partial charge in [-0.25, -0.2) is 4.90 Å². The van der Waals surface area contributed by atoms with E-state index < -0.39 is 44.4 Å². The number of aromatic hydroxyl groups is 2. The molecule has 128 valence electrons. The van der Waals surface area contributed by atoms with Gasteiger partial charge in [-0.15, -0.1) is 0 Å². The second-order valence-electron chi connectivity index (χ2n) is 6.13. The summed E-state index contributed by atoms with van der Waals surface area (Å²) in [5, 5.41) is 19.0. The zero-order chi connectivity index (χ0) is 17.4. The van der Waals surface area contributed by atoms with Gasteiger partial charge in [-0.2, -0.15) is 8.42 Å². The van der Waals surface area contributed by atoms with Gasteiger partial charge in [0.1, 0.15) is 0 Å². The van der Waals surface area contributed by atoms with Crippen LogP contribution in [0.4, 0.5) is 5.69 Å². The van der Waals surface area contributed by atoms with Gasteiger partial charge in [0.05, 0.1) is 11.6 Å². The Balaban J connectivity index is 2.06. The number of rotatable bonds is 2. The first kappa shape index (κ1) is 16.5. The van der Waals surface area contributed by atoms with Crippen LogP contribution in [0.15, 0.2) is 18.2 Å². The van der Waals surface area contributed by atoms with E-state index in [2.05, 4.69) is 0 Å². The highest BCUT2D eigenvalue weighted by atomic mass is 32.2. The summed E-state index contributed by atoms with van der Waals surface area (Å²) >= 11 is 0. The number of carbonyl (C=O) groups is 2. The Labute approximate surface area is 140 Å². The van der Waals surface area contributed by atoms with Crippen molar-refractivity contribution >= 4 is 32.7 Å². The molecule has 0 spiro atoms. The number of anilines is 1. The summed E-state index contributed by atoms with van der Waals surface area (Å²) in [7, 11) is -2.78. The van der Waals surface area contributed by atoms with E-state index in [0.29, 0.717) is 12.8 Å². The number of hydrogen-bond acceptors (Lipinski definition) is 6. The van der Waals surface area contributed by atoms with E-state index >= 15 is 0 Å². The van der Waals surface area contributed by atoms with Crippen LogP contribution in [-0.2, 0) is 19.9 Å². The number of benzene rings is 1. The number of imide groups is 1. The Bertz CT molecular complexity index is 830. The average molecular weight is 351 g/mol. The van der Waals surface area contributed by atoms with E-state index in [0.717, 1.165) is 36.3 Å². The molecule has 0 bridgehead atoms. The maximum absolute atomic E-state index is 12.8. The average Bonchev–Trinajstić information content (AvgIpc) is 2.82. The van der Waals surface area contributed by atoms with Crippen molar-refractivity contribution < 1.29 is 28.2 Å². The third-order valence-corrected chi connectivity index (χ3v) is 5.49. The molecule has 1 saturated heterocycles. The molecule has 1 atom stereocenters. The largest absolute Gasteiger partial charge is 0.504 e. The maximum atomic E-state index is 12.8. The van der Waals surface area contributed by atoms with Crippen LogP contribution in [0, 0.1) is 11.8 Å². The van der Waals surface area contributed by atoms with Crippen LogP contribution in [0.25, 0.3) is 0 Å². The highest BCUT2D eigenvalue weighted by molar-refractivity contribution is 7.75. The molecule has 3 rings (SSSR count). The van der Waals surface area contributed by atoms with Crippen molar-refractivity contribution in [3.05, 3.63) is 18.2 Å². The molecule has 8 heteroatoms. The van der Waals surface area contributed by atoms with Gasteiger partial charge >= 0.3 is 0 Å². The standard InChI is InChI=1S/C16H17NO6S/c18-11-7-6-10(8-12(11)19)17-15(20)13(9-4-2-1-3-5-9)14(16(17)21)24(22)23/h6-9,13,18-19H,1-5H2. The lowest BCUT2D eigenvalue weighted by Gasteiger charge is -2.25. The molecular formula is C16H17NO6S. The van der Waals surface area contributed by atoms with Gasteiger partial charge in [0.25, 0.3) is 5.91 Å². The van der Waals surface area contributed by atoms with Crippen molar-refractivity contribution in [2.45, 2.75) is 32.1 Å². The Morgan fingerprint density at radius 1 is 1.00 bits per heavy atom. The predicted octanol–water partition coefficient (Wildman–Crippen LogP) is 1.22. The molecule has 2 aliphatic rings. The van der Waals surface area contributed by atoms with E-state index in [1.54, 1.807) is 0 Å². The van der Waals surface area contributed by atoms with Gasteiger partial charge in [-0.1, -0.05) is 19.3 Å². The zero-order valence-electron chi connectivity index (χ0n) is 12.8. The molecule has 7 nitrogen and oxygen atoms in total. The van der Waals surface area contributed by atoms with Crippen molar-refractivity contribution in [3.8, 4) is 11.5 Å². The Kier molecular flexibility index (Phi) is 4.31. The normalized spacial score (nSPS) is 22.2. The monoisotopic (exact) mass is 351 g/mol. The summed E-state index contributed by atoms with van der Waals surface area (Å²) < 4.78 is 23.2. The van der Waals surface area contributed by atoms with Crippen molar-refractivity contribution in [2.24, 2.45) is 11.8 Å². The molecule has 2 fully saturated rings. The fraction of sp³-hybridized carbons (Fsp3) is 0.438. The number of carbonyl (C=O) groups excluding carboxylic acids is 2. The first-order valence-corrected chi connectivity index (χ1v) is 8.85. The fourth-order valence-electron chi connectivity index (χ4n) is 3.55. The molecule has 0 aromatic heterocycles. The molecule has 1 saturated carbocycles. The molecule has 1 aliphatic carbocycles. The third kappa shape index (κ3) is 2.66. The highest BCUT2D eigenvalue weighted by Crippen LogP contribution is 2.38. The van der Waals surface area contributed by atoms with Gasteiger partial charge < -0.3 is 10.2 Å². The van der Waals surface area contributed by atoms with E-state index in [1.807, 2.05) is 0 Å². The number of phenols is 2. The molecular weight excluding hydrogens is 334 g/mol. The van der Waals surface area contributed by atoms with Crippen LogP contribution < -0.4 is 4.90 Å². The molecule has 1 heterocycles. The molecule has 1 aliphatic heterocycles. The Morgan fingerprint density at radius 3 is 2.25 bits per heavy atom. The van der Waals surface area contributed by atoms with Gasteiger partial charge in [0.2, 0.25) is 16.2 Å². The molecule has 24 heavy (non-hydrogen) atoms. The zero-order valence-corrected chi connectivity index (χ0v) is 13.6. The lowest BCUT2D eigenvalue weighted by molar-refractivity contribution is -0.123. The van der Waals surface area contributed by atoms with E-state index in [-0.39, 0.29) is 11.6 Å². The number of phenolic OH excluding ortho intramolecular Hbond substituents is 2. The minimum Gasteiger partial charge on any atom is -0.504 e. The highest BCUT2D eigenvalue weighted by Gasteiger charge is 2.50. The molecule has 0 radical (unpaired) electrons. The number of hydrogen-bond donors (Lipinski definition) is 2. The van der Waals surface area contributed by atoms with Gasteiger partial charge in [-0.05, 0) is 30.9 Å². The lowest BCUT2D eigenvalue weighted by atomic mass is 9.79. The summed E-state index contributed by atoms with van der Waals surface area (Å²) in [5.41, 5.74) is 0.0431. The Morgan fingerprint density at radius 2 is 1.67 bits per heavy atom. The van der Waals surface area contributed by atoms with Crippen LogP contribution in [0.2, 0.25) is 0 Å². The fourth-order valence-corrected chi connectivity index (χ4v) is 4.28. The van der Waals surface area contributed by atoms with Crippen molar-refractivity contribution in [3.63, 3.8) is 0 Å². The topological polar surface area (TPSA) is 112 Å². The first-order chi connectivity index (χ1) is 11.4. The van der Waals surface area contributed by atoms with Crippen LogP contribution in [-0.4, -0.2) is 35.3 Å². The molecule has 1 unspecified atom stereocenters. The third-order valence-electron chi connectivity index (χ3n) is 4.70. The van der Waals surface area contributed by atoms with Crippen molar-refractivity contribution in [2.75, 3.05) is 4.90 Å². The SMILES string of the molecule is O=C1C(=S(=O)=O)C(C2CCCCC2)C(=O)N1c1ccc(O)c(O)c1. The van der Waals surface area contributed by atoms with Crippen LogP contribution in [0.1, 0.15) is 32.1 Å². The Hall–Kier alpha value is -2.35. The minimum atomic E-state index is -2.78. The van der Waals surface area contributed by atoms with Gasteiger partial charge in [0.15, 0.2) is 16.4 Å². The lowest BCUT2D eigenvalue weighted by Crippen LogP contribution is -2.32. The van der Waals surface area contributed by atoms with Crippen LogP contribution in [0.5, 0.6) is 11.5 Å². The van der Waals surface area contributed by atoms with E-state index in [9.17, 15) is 28.2 Å². The summed E-state index contributed by atoms with van der Waals surface area (Å²) in [4.78, 5) is 25.7. The van der Waals surface area contributed by atoms with E-state index in [1.165, 1.54) is 6.07 Å². The van der Waals surface area contributed by atoms with E-state index in [4.69, 9.17) is 0 Å². The predicted molar refractivity (Wildman–Crippen MR) is 86.3 cm³/mol. The first-order valence-electron chi connectivity index (χ1n) is 7.78. The number of amides is 2. The number of nitrogens with zero attached hydrogens (tertiary/aromatic N) is 1. The van der Waals surface area contributed by atoms with Crippen molar-refractivity contribution in [1.29, 1.82) is 0 Å². The van der Waals surface area contributed by atoms with Gasteiger partial charge in [0, 0.05) is 6.07 Å². The van der Waals surface area contributed by atoms with Crippen LogP contribution in [0.3, 0.4) is 0 Å². The summed E-state index contributed by atoms with van der Waals surface area (Å²) in [6, 6.07) is 3.51. The quantitative estimate of drug-likeness (QED) is 0.471. The molecule has 2 amide bonds. The van der Waals surface area contributed by atoms with Crippen molar-refractivity contribution in [1.82, 2.24) is 0 Å². The maximum Gasteiger partial charge on any atom is 0.277 e. The molecule has 1 aromatic rings. The van der Waals surface area contributed by atoms with Gasteiger partial charge in [-0.3, -0.25) is 9.59 Å². The second-order valence-corrected chi connectivity index (χ2v) is 7.04.